The fourth-order valence-electron chi connectivity index (χ4n) is 2.27. The van der Waals surface area contributed by atoms with E-state index in [-0.39, 0.29) is 5.41 Å². The van der Waals surface area contributed by atoms with Gasteiger partial charge in [0.05, 0.1) is 0 Å². The topological polar surface area (TPSA) is 23.5 Å². The minimum absolute atomic E-state index is 0.238. The van der Waals surface area contributed by atoms with E-state index in [4.69, 9.17) is 0 Å². The van der Waals surface area contributed by atoms with Gasteiger partial charge in [-0.1, -0.05) is 29.8 Å². The van der Waals surface area contributed by atoms with Gasteiger partial charge in [0.15, 0.2) is 0 Å². The number of hydrogen-bond acceptors (Lipinski definition) is 2. The SMILES string of the molecule is Cc1ccc(CCN(C)CC2(CO)CC2)cc1. The number of aliphatic hydroxyl groups excluding tert-OH is 1. The molecule has 0 bridgehead atoms. The summed E-state index contributed by atoms with van der Waals surface area (Å²) >= 11 is 0. The van der Waals surface area contributed by atoms with Crippen molar-refractivity contribution in [2.45, 2.75) is 26.2 Å². The van der Waals surface area contributed by atoms with Crippen LogP contribution in [0.3, 0.4) is 0 Å². The molecular weight excluding hydrogens is 210 g/mol. The van der Waals surface area contributed by atoms with Crippen LogP contribution in [0.2, 0.25) is 0 Å². The summed E-state index contributed by atoms with van der Waals surface area (Å²) in [5.74, 6) is 0. The highest BCUT2D eigenvalue weighted by atomic mass is 16.3. The first-order chi connectivity index (χ1) is 8.13. The minimum Gasteiger partial charge on any atom is -0.396 e. The Kier molecular flexibility index (Phi) is 3.85. The van der Waals surface area contributed by atoms with Gasteiger partial charge in [-0.3, -0.25) is 0 Å². The average Bonchev–Trinajstić information content (AvgIpc) is 3.09. The molecule has 1 N–H and O–H groups in total. The second kappa shape index (κ2) is 5.19. The third kappa shape index (κ3) is 3.55. The zero-order valence-corrected chi connectivity index (χ0v) is 10.9. The van der Waals surface area contributed by atoms with Gasteiger partial charge in [0.1, 0.15) is 0 Å². The number of nitrogens with zero attached hydrogens (tertiary/aromatic N) is 1. The number of aliphatic hydroxyl groups is 1. The number of aryl methyl sites for hydroxylation is 1. The number of hydrogen-bond donors (Lipinski definition) is 1. The maximum atomic E-state index is 9.29. The van der Waals surface area contributed by atoms with Crippen LogP contribution in [0.15, 0.2) is 24.3 Å². The van der Waals surface area contributed by atoms with Gasteiger partial charge in [-0.2, -0.15) is 0 Å². The van der Waals surface area contributed by atoms with E-state index in [0.717, 1.165) is 19.5 Å². The van der Waals surface area contributed by atoms with E-state index in [9.17, 15) is 5.11 Å². The lowest BCUT2D eigenvalue weighted by molar-refractivity contribution is 0.165. The Balaban J connectivity index is 1.76. The molecule has 1 fully saturated rings. The molecule has 0 unspecified atom stereocenters. The zero-order chi connectivity index (χ0) is 12.3. The standard InChI is InChI=1S/C15H23NO/c1-13-3-5-14(6-4-13)7-10-16(2)11-15(12-17)8-9-15/h3-6,17H,7-12H2,1-2H3. The highest BCUT2D eigenvalue weighted by Gasteiger charge is 2.42. The molecule has 0 radical (unpaired) electrons. The molecule has 0 heterocycles. The Bertz CT molecular complexity index is 354. The van der Waals surface area contributed by atoms with Gasteiger partial charge in [-0.15, -0.1) is 0 Å². The van der Waals surface area contributed by atoms with E-state index in [2.05, 4.69) is 43.1 Å². The molecule has 1 aromatic carbocycles. The molecule has 2 rings (SSSR count). The lowest BCUT2D eigenvalue weighted by Crippen LogP contribution is -2.30. The summed E-state index contributed by atoms with van der Waals surface area (Å²) in [5, 5.41) is 9.29. The fraction of sp³-hybridized carbons (Fsp3) is 0.600. The van der Waals surface area contributed by atoms with Crippen molar-refractivity contribution in [2.75, 3.05) is 26.7 Å². The van der Waals surface area contributed by atoms with Crippen molar-refractivity contribution in [3.63, 3.8) is 0 Å². The van der Waals surface area contributed by atoms with Crippen LogP contribution in [0.1, 0.15) is 24.0 Å². The van der Waals surface area contributed by atoms with Crippen LogP contribution >= 0.6 is 0 Å². The Morgan fingerprint density at radius 2 is 1.88 bits per heavy atom. The van der Waals surface area contributed by atoms with Gasteiger partial charge in [-0.25, -0.2) is 0 Å². The highest BCUT2D eigenvalue weighted by Crippen LogP contribution is 2.45. The van der Waals surface area contributed by atoms with Crippen molar-refractivity contribution in [3.8, 4) is 0 Å². The van der Waals surface area contributed by atoms with E-state index >= 15 is 0 Å². The molecular formula is C15H23NO. The molecule has 0 aromatic heterocycles. The fourth-order valence-corrected chi connectivity index (χ4v) is 2.27. The molecule has 0 aliphatic heterocycles. The Morgan fingerprint density at radius 3 is 2.41 bits per heavy atom. The molecule has 2 heteroatoms. The predicted molar refractivity (Wildman–Crippen MR) is 71.1 cm³/mol. The maximum Gasteiger partial charge on any atom is 0.0499 e. The Morgan fingerprint density at radius 1 is 1.24 bits per heavy atom. The Hall–Kier alpha value is -0.860. The maximum absolute atomic E-state index is 9.29. The third-order valence-electron chi connectivity index (χ3n) is 3.80. The monoisotopic (exact) mass is 233 g/mol. The number of rotatable bonds is 6. The van der Waals surface area contributed by atoms with E-state index in [1.165, 1.54) is 24.0 Å². The van der Waals surface area contributed by atoms with E-state index in [1.807, 2.05) is 0 Å². The molecule has 0 atom stereocenters. The summed E-state index contributed by atoms with van der Waals surface area (Å²) in [5.41, 5.74) is 2.96. The predicted octanol–water partition coefficient (Wildman–Crippen LogP) is 2.24. The molecule has 1 aliphatic rings. The van der Waals surface area contributed by atoms with Crippen molar-refractivity contribution in [1.29, 1.82) is 0 Å². The molecule has 94 valence electrons. The smallest absolute Gasteiger partial charge is 0.0499 e. The number of likely N-dealkylation sites (N-methyl/N-ethyl adjacent to an activating group) is 1. The molecule has 17 heavy (non-hydrogen) atoms. The second-order valence-corrected chi connectivity index (χ2v) is 5.63. The molecule has 1 aliphatic carbocycles. The van der Waals surface area contributed by atoms with Crippen molar-refractivity contribution in [2.24, 2.45) is 5.41 Å². The lowest BCUT2D eigenvalue weighted by atomic mass is 10.1. The van der Waals surface area contributed by atoms with Crippen LogP contribution < -0.4 is 0 Å². The van der Waals surface area contributed by atoms with E-state index < -0.39 is 0 Å². The van der Waals surface area contributed by atoms with Gasteiger partial charge >= 0.3 is 0 Å². The van der Waals surface area contributed by atoms with Crippen LogP contribution in [0.4, 0.5) is 0 Å². The van der Waals surface area contributed by atoms with Crippen LogP contribution in [0.25, 0.3) is 0 Å². The molecule has 0 saturated heterocycles. The van der Waals surface area contributed by atoms with Crippen molar-refractivity contribution in [1.82, 2.24) is 4.90 Å². The van der Waals surface area contributed by atoms with Gasteiger partial charge in [0.2, 0.25) is 0 Å². The van der Waals surface area contributed by atoms with Gasteiger partial charge < -0.3 is 10.0 Å². The summed E-state index contributed by atoms with van der Waals surface area (Å²) in [7, 11) is 2.16. The van der Waals surface area contributed by atoms with E-state index in [0.29, 0.717) is 6.61 Å². The molecule has 0 amide bonds. The quantitative estimate of drug-likeness (QED) is 0.814. The largest absolute Gasteiger partial charge is 0.396 e. The Labute approximate surface area is 104 Å². The second-order valence-electron chi connectivity index (χ2n) is 5.63. The van der Waals surface area contributed by atoms with Crippen LogP contribution in [0, 0.1) is 12.3 Å². The zero-order valence-electron chi connectivity index (χ0n) is 10.9. The van der Waals surface area contributed by atoms with Crippen LogP contribution in [0.5, 0.6) is 0 Å². The van der Waals surface area contributed by atoms with Gasteiger partial charge in [0.25, 0.3) is 0 Å². The van der Waals surface area contributed by atoms with Crippen LogP contribution in [-0.2, 0) is 6.42 Å². The summed E-state index contributed by atoms with van der Waals surface area (Å²) in [6, 6.07) is 8.76. The molecule has 1 saturated carbocycles. The lowest BCUT2D eigenvalue weighted by Gasteiger charge is -2.22. The van der Waals surface area contributed by atoms with Crippen molar-refractivity contribution >= 4 is 0 Å². The van der Waals surface area contributed by atoms with Gasteiger partial charge in [-0.05, 0) is 38.8 Å². The molecule has 2 nitrogen and oxygen atoms in total. The summed E-state index contributed by atoms with van der Waals surface area (Å²) < 4.78 is 0. The normalized spacial score (nSPS) is 17.4. The number of benzene rings is 1. The highest BCUT2D eigenvalue weighted by molar-refractivity contribution is 5.21. The summed E-state index contributed by atoms with van der Waals surface area (Å²) in [4.78, 5) is 2.35. The average molecular weight is 233 g/mol. The summed E-state index contributed by atoms with van der Waals surface area (Å²) in [6.07, 6.45) is 3.48. The minimum atomic E-state index is 0.238. The third-order valence-corrected chi connectivity index (χ3v) is 3.80. The van der Waals surface area contributed by atoms with E-state index in [1.54, 1.807) is 0 Å². The van der Waals surface area contributed by atoms with Crippen LogP contribution in [-0.4, -0.2) is 36.8 Å². The molecule has 1 aromatic rings. The molecule has 0 spiro atoms. The van der Waals surface area contributed by atoms with Crippen molar-refractivity contribution in [3.05, 3.63) is 35.4 Å². The summed E-state index contributed by atoms with van der Waals surface area (Å²) in [6.45, 7) is 4.58. The van der Waals surface area contributed by atoms with Crippen molar-refractivity contribution < 1.29 is 5.11 Å². The van der Waals surface area contributed by atoms with Gasteiger partial charge in [0, 0.05) is 25.1 Å². The first kappa shape index (κ1) is 12.6. The first-order valence-electron chi connectivity index (χ1n) is 6.49. The first-order valence-corrected chi connectivity index (χ1v) is 6.49.